The summed E-state index contributed by atoms with van der Waals surface area (Å²) in [6.45, 7) is 1.61. The number of hydrogen-bond acceptors (Lipinski definition) is 3. The molecule has 0 spiro atoms. The minimum absolute atomic E-state index is 0.0472. The third-order valence-electron chi connectivity index (χ3n) is 3.22. The quantitative estimate of drug-likeness (QED) is 0.840. The number of hydrogen-bond donors (Lipinski definition) is 1. The molecule has 0 saturated heterocycles. The van der Waals surface area contributed by atoms with Crippen molar-refractivity contribution in [2.45, 2.75) is 31.5 Å². The van der Waals surface area contributed by atoms with Gasteiger partial charge in [-0.1, -0.05) is 6.07 Å². The van der Waals surface area contributed by atoms with Crippen molar-refractivity contribution >= 4 is 5.97 Å². The number of benzene rings is 1. The smallest absolute Gasteiger partial charge is 0.344 e. The van der Waals surface area contributed by atoms with Gasteiger partial charge in [-0.3, -0.25) is 0 Å². The van der Waals surface area contributed by atoms with E-state index in [-0.39, 0.29) is 18.6 Å². The van der Waals surface area contributed by atoms with Gasteiger partial charge in [0, 0.05) is 0 Å². The molecule has 0 heterocycles. The Morgan fingerprint density at radius 2 is 2.33 bits per heavy atom. The predicted octanol–water partition coefficient (Wildman–Crippen LogP) is 1.86. The Labute approximate surface area is 103 Å². The number of rotatable bonds is 3. The zero-order chi connectivity index (χ0) is 13.3. The highest BCUT2D eigenvalue weighted by Gasteiger charge is 2.48. The summed E-state index contributed by atoms with van der Waals surface area (Å²) >= 11 is 0. The molecule has 0 bridgehead atoms. The van der Waals surface area contributed by atoms with Crippen molar-refractivity contribution in [2.24, 2.45) is 0 Å². The summed E-state index contributed by atoms with van der Waals surface area (Å²) in [6, 6.07) is 3.72. The van der Waals surface area contributed by atoms with E-state index in [9.17, 15) is 18.7 Å². The van der Waals surface area contributed by atoms with Gasteiger partial charge in [0.15, 0.2) is 0 Å². The Bertz CT molecular complexity index is 475. The molecule has 2 rings (SSSR count). The monoisotopic (exact) mass is 256 g/mol. The zero-order valence-corrected chi connectivity index (χ0v) is 9.95. The number of carbonyl (C=O) groups excluding carboxylic acids is 1. The number of aryl methyl sites for hydroxylation is 1. The molecule has 0 saturated carbocycles. The van der Waals surface area contributed by atoms with E-state index in [1.54, 1.807) is 6.92 Å². The molecule has 0 radical (unpaired) electrons. The molecule has 2 atom stereocenters. The maximum Gasteiger partial charge on any atom is 0.344 e. The highest BCUT2D eigenvalue weighted by molar-refractivity contribution is 5.77. The van der Waals surface area contributed by atoms with Gasteiger partial charge < -0.3 is 9.84 Å². The summed E-state index contributed by atoms with van der Waals surface area (Å²) < 4.78 is 31.6. The van der Waals surface area contributed by atoms with E-state index in [2.05, 4.69) is 4.74 Å². The van der Waals surface area contributed by atoms with Gasteiger partial charge in [-0.05, 0) is 43.0 Å². The number of aliphatic hydroxyl groups is 1. The van der Waals surface area contributed by atoms with Crippen LogP contribution in [0.1, 0.15) is 24.5 Å². The molecule has 98 valence electrons. The van der Waals surface area contributed by atoms with Crippen molar-refractivity contribution in [3.05, 3.63) is 35.1 Å². The summed E-state index contributed by atoms with van der Waals surface area (Å²) in [5.74, 6) is -1.53. The van der Waals surface area contributed by atoms with Crippen molar-refractivity contribution < 1.29 is 23.4 Å². The lowest BCUT2D eigenvalue weighted by Crippen LogP contribution is -2.41. The van der Waals surface area contributed by atoms with Crippen molar-refractivity contribution in [1.29, 1.82) is 0 Å². The molecule has 3 nitrogen and oxygen atoms in total. The van der Waals surface area contributed by atoms with Gasteiger partial charge in [-0.25, -0.2) is 13.6 Å². The van der Waals surface area contributed by atoms with E-state index in [1.807, 2.05) is 0 Å². The number of halogens is 2. The van der Waals surface area contributed by atoms with Crippen molar-refractivity contribution in [1.82, 2.24) is 0 Å². The van der Waals surface area contributed by atoms with Crippen LogP contribution in [0.25, 0.3) is 0 Å². The third-order valence-corrected chi connectivity index (χ3v) is 3.22. The number of carbonyl (C=O) groups is 1. The molecule has 2 unspecified atom stereocenters. The Balaban J connectivity index is 2.32. The number of esters is 1. The molecule has 1 aliphatic carbocycles. The normalized spacial score (nSPS) is 23.6. The van der Waals surface area contributed by atoms with Gasteiger partial charge in [0.2, 0.25) is 6.17 Å². The van der Waals surface area contributed by atoms with Gasteiger partial charge >= 0.3 is 5.97 Å². The minimum Gasteiger partial charge on any atom is -0.464 e. The molecule has 0 fully saturated rings. The highest BCUT2D eigenvalue weighted by Crippen LogP contribution is 2.41. The van der Waals surface area contributed by atoms with E-state index >= 15 is 0 Å². The average molecular weight is 256 g/mol. The van der Waals surface area contributed by atoms with Gasteiger partial charge in [-0.15, -0.1) is 0 Å². The minimum atomic E-state index is -2.15. The van der Waals surface area contributed by atoms with Gasteiger partial charge in [0.1, 0.15) is 11.4 Å². The summed E-state index contributed by atoms with van der Waals surface area (Å²) in [7, 11) is 0. The number of fused-ring (bicyclic) bond motifs is 1. The molecule has 1 aromatic rings. The fourth-order valence-electron chi connectivity index (χ4n) is 2.33. The average Bonchev–Trinajstić information content (AvgIpc) is 2.67. The molecular weight excluding hydrogens is 242 g/mol. The SMILES string of the molecule is CCOC(=O)C(F)C1(O)CCc2cc(F)ccc21. The lowest BCUT2D eigenvalue weighted by atomic mass is 9.91. The van der Waals surface area contributed by atoms with Crippen LogP contribution in [0, 0.1) is 5.82 Å². The second-order valence-corrected chi connectivity index (χ2v) is 4.34. The van der Waals surface area contributed by atoms with E-state index in [4.69, 9.17) is 0 Å². The molecule has 1 N–H and O–H groups in total. The molecule has 1 aliphatic rings. The maximum atomic E-state index is 14.0. The largest absolute Gasteiger partial charge is 0.464 e. The summed E-state index contributed by atoms with van der Waals surface area (Å²) in [5, 5.41) is 10.3. The van der Waals surface area contributed by atoms with Crippen LogP contribution in [0.2, 0.25) is 0 Å². The molecule has 5 heteroatoms. The van der Waals surface area contributed by atoms with Crippen molar-refractivity contribution in [3.8, 4) is 0 Å². The lowest BCUT2D eigenvalue weighted by molar-refractivity contribution is -0.161. The van der Waals surface area contributed by atoms with Gasteiger partial charge in [0.05, 0.1) is 6.61 Å². The van der Waals surface area contributed by atoms with Crippen LogP contribution < -0.4 is 0 Å². The fraction of sp³-hybridized carbons (Fsp3) is 0.462. The summed E-state index contributed by atoms with van der Waals surface area (Å²) in [5.41, 5.74) is -1.11. The third kappa shape index (κ3) is 1.99. The molecule has 1 aromatic carbocycles. The molecular formula is C13H14F2O3. The second-order valence-electron chi connectivity index (χ2n) is 4.34. The number of ether oxygens (including phenoxy) is 1. The van der Waals surface area contributed by atoms with E-state index < -0.39 is 23.6 Å². The Hall–Kier alpha value is -1.49. The van der Waals surface area contributed by atoms with Crippen LogP contribution in [0.15, 0.2) is 18.2 Å². The summed E-state index contributed by atoms with van der Waals surface area (Å²) in [6.07, 6.45) is -1.76. The van der Waals surface area contributed by atoms with Gasteiger partial charge in [0.25, 0.3) is 0 Å². The molecule has 0 aliphatic heterocycles. The first-order valence-electron chi connectivity index (χ1n) is 5.81. The van der Waals surface area contributed by atoms with Crippen LogP contribution in [0.3, 0.4) is 0 Å². The second kappa shape index (κ2) is 4.65. The zero-order valence-electron chi connectivity index (χ0n) is 9.95. The van der Waals surface area contributed by atoms with Crippen LogP contribution in [0.5, 0.6) is 0 Å². The van der Waals surface area contributed by atoms with Crippen molar-refractivity contribution in [2.75, 3.05) is 6.61 Å². The first-order valence-corrected chi connectivity index (χ1v) is 5.81. The van der Waals surface area contributed by atoms with E-state index in [1.165, 1.54) is 12.1 Å². The summed E-state index contributed by atoms with van der Waals surface area (Å²) in [4.78, 5) is 11.4. The Morgan fingerprint density at radius 3 is 3.00 bits per heavy atom. The van der Waals surface area contributed by atoms with E-state index in [0.29, 0.717) is 12.0 Å². The van der Waals surface area contributed by atoms with Crippen LogP contribution >= 0.6 is 0 Å². The Morgan fingerprint density at radius 1 is 1.61 bits per heavy atom. The lowest BCUT2D eigenvalue weighted by Gasteiger charge is -2.26. The maximum absolute atomic E-state index is 14.0. The van der Waals surface area contributed by atoms with Gasteiger partial charge in [-0.2, -0.15) is 0 Å². The molecule has 0 aromatic heterocycles. The predicted molar refractivity (Wildman–Crippen MR) is 60.1 cm³/mol. The first kappa shape index (κ1) is 13.0. The van der Waals surface area contributed by atoms with Crippen LogP contribution in [-0.2, 0) is 21.6 Å². The Kier molecular flexibility index (Phi) is 3.34. The molecule has 18 heavy (non-hydrogen) atoms. The van der Waals surface area contributed by atoms with Crippen molar-refractivity contribution in [3.63, 3.8) is 0 Å². The standard InChI is InChI=1S/C13H14F2O3/c1-2-18-12(16)11(15)13(17)6-5-8-7-9(14)3-4-10(8)13/h3-4,7,11,17H,2,5-6H2,1H3. The molecule has 0 amide bonds. The number of alkyl halides is 1. The topological polar surface area (TPSA) is 46.5 Å². The highest BCUT2D eigenvalue weighted by atomic mass is 19.1. The first-order chi connectivity index (χ1) is 8.49. The van der Waals surface area contributed by atoms with Crippen LogP contribution in [0.4, 0.5) is 8.78 Å². The van der Waals surface area contributed by atoms with E-state index in [0.717, 1.165) is 6.07 Å². The van der Waals surface area contributed by atoms with Crippen LogP contribution in [-0.4, -0.2) is 23.9 Å². The fourth-order valence-corrected chi connectivity index (χ4v) is 2.33.